The highest BCUT2D eigenvalue weighted by Gasteiger charge is 2.51. The third-order valence-electron chi connectivity index (χ3n) is 4.10. The summed E-state index contributed by atoms with van der Waals surface area (Å²) >= 11 is 4.55. The number of hydrogen-bond donors (Lipinski definition) is 2. The van der Waals surface area contributed by atoms with Crippen LogP contribution in [0.15, 0.2) is 22.7 Å². The zero-order chi connectivity index (χ0) is 18.9. The van der Waals surface area contributed by atoms with Crippen LogP contribution in [0.2, 0.25) is 0 Å². The second-order valence-corrected chi connectivity index (χ2v) is 9.63. The molecule has 5 nitrogen and oxygen atoms in total. The van der Waals surface area contributed by atoms with Gasteiger partial charge in [0.25, 0.3) is 0 Å². The Labute approximate surface area is 156 Å². The van der Waals surface area contributed by atoms with E-state index in [1.807, 2.05) is 0 Å². The third-order valence-corrected chi connectivity index (χ3v) is 7.09. The minimum atomic E-state index is -5.60. The molecule has 0 heterocycles. The van der Waals surface area contributed by atoms with Crippen molar-refractivity contribution in [2.75, 3.05) is 12.9 Å². The fourth-order valence-corrected chi connectivity index (χ4v) is 5.04. The summed E-state index contributed by atoms with van der Waals surface area (Å²) in [6.07, 6.45) is 2.31. The highest BCUT2D eigenvalue weighted by Crippen LogP contribution is 2.60. The zero-order valence-electron chi connectivity index (χ0n) is 13.4. The molecule has 0 atom stereocenters. The molecule has 25 heavy (non-hydrogen) atoms. The molecule has 0 saturated heterocycles. The number of methoxy groups -OCH3 is 1. The summed E-state index contributed by atoms with van der Waals surface area (Å²) in [5.41, 5.74) is -4.26. The molecule has 2 N–H and O–H groups in total. The van der Waals surface area contributed by atoms with Gasteiger partial charge in [0.2, 0.25) is 0 Å². The standard InChI is InChI=1S/C15H18BrF2O5PS/c1-23-13(19)7-14(4-5-14)9-25-8-10-2-3-11(12(16)6-10)15(17,18)24(20,21)22/h2-3,6H,4-5,7-9H2,1H3,(H2,20,21,22). The van der Waals surface area contributed by atoms with Crippen molar-refractivity contribution in [1.82, 2.24) is 0 Å². The van der Waals surface area contributed by atoms with Gasteiger partial charge < -0.3 is 14.5 Å². The van der Waals surface area contributed by atoms with Gasteiger partial charge in [-0.15, -0.1) is 0 Å². The Balaban J connectivity index is 1.98. The smallest absolute Gasteiger partial charge is 0.399 e. The number of alkyl halides is 2. The molecule has 1 aliphatic carbocycles. The molecular formula is C15H18BrF2O5PS. The van der Waals surface area contributed by atoms with Gasteiger partial charge in [0, 0.05) is 15.8 Å². The van der Waals surface area contributed by atoms with Gasteiger partial charge >= 0.3 is 19.2 Å². The number of thioether (sulfide) groups is 1. The molecule has 1 aromatic carbocycles. The molecule has 0 aromatic heterocycles. The predicted octanol–water partition coefficient (Wildman–Crippen LogP) is 4.25. The summed E-state index contributed by atoms with van der Waals surface area (Å²) in [4.78, 5) is 29.0. The molecule has 0 amide bonds. The lowest BCUT2D eigenvalue weighted by Crippen LogP contribution is -2.14. The van der Waals surface area contributed by atoms with E-state index in [2.05, 4.69) is 20.7 Å². The van der Waals surface area contributed by atoms with Crippen LogP contribution in [0, 0.1) is 5.41 Å². The lowest BCUT2D eigenvalue weighted by atomic mass is 10.1. The second-order valence-electron chi connectivity index (χ2n) is 6.15. The van der Waals surface area contributed by atoms with Crippen LogP contribution in [0.25, 0.3) is 0 Å². The first-order valence-electron chi connectivity index (χ1n) is 7.38. The van der Waals surface area contributed by atoms with Crippen LogP contribution in [0.5, 0.6) is 0 Å². The van der Waals surface area contributed by atoms with Gasteiger partial charge in [0.05, 0.1) is 13.5 Å². The fraction of sp³-hybridized carbons (Fsp3) is 0.533. The molecule has 1 aliphatic rings. The monoisotopic (exact) mass is 458 g/mol. The van der Waals surface area contributed by atoms with Crippen LogP contribution in [-0.4, -0.2) is 28.6 Å². The topological polar surface area (TPSA) is 83.8 Å². The summed E-state index contributed by atoms with van der Waals surface area (Å²) in [6, 6.07) is 3.89. The SMILES string of the molecule is COC(=O)CC1(CSCc2ccc(C(F)(F)P(=O)(O)O)c(Br)c2)CC1. The number of benzene rings is 1. The number of ether oxygens (including phenoxy) is 1. The predicted molar refractivity (Wildman–Crippen MR) is 94.5 cm³/mol. The Hall–Kier alpha value is -0.470. The molecule has 1 saturated carbocycles. The normalized spacial score (nSPS) is 16.6. The summed E-state index contributed by atoms with van der Waals surface area (Å²) in [7, 11) is -4.24. The van der Waals surface area contributed by atoms with Crippen molar-refractivity contribution in [2.45, 2.75) is 30.7 Å². The minimum Gasteiger partial charge on any atom is -0.469 e. The number of halogens is 3. The molecule has 0 bridgehead atoms. The lowest BCUT2D eigenvalue weighted by molar-refractivity contribution is -0.141. The molecule has 1 aromatic rings. The van der Waals surface area contributed by atoms with E-state index in [1.165, 1.54) is 19.2 Å². The summed E-state index contributed by atoms with van der Waals surface area (Å²) in [5.74, 6) is 1.08. The maximum Gasteiger partial charge on any atom is 0.399 e. The van der Waals surface area contributed by atoms with E-state index in [0.29, 0.717) is 12.2 Å². The number of hydrogen-bond acceptors (Lipinski definition) is 4. The van der Waals surface area contributed by atoms with Crippen molar-refractivity contribution in [3.8, 4) is 0 Å². The first kappa shape index (κ1) is 20.8. The van der Waals surface area contributed by atoms with Crippen molar-refractivity contribution < 1.29 is 32.7 Å². The van der Waals surface area contributed by atoms with Crippen LogP contribution < -0.4 is 0 Å². The third kappa shape index (κ3) is 5.04. The molecule has 2 rings (SSSR count). The fourth-order valence-electron chi connectivity index (χ4n) is 2.36. The van der Waals surface area contributed by atoms with Crippen molar-refractivity contribution in [2.24, 2.45) is 5.41 Å². The van der Waals surface area contributed by atoms with Crippen LogP contribution in [0.3, 0.4) is 0 Å². The molecule has 0 unspecified atom stereocenters. The largest absolute Gasteiger partial charge is 0.469 e. The molecule has 0 aliphatic heterocycles. The minimum absolute atomic E-state index is 0.0254. The van der Waals surface area contributed by atoms with Gasteiger partial charge in [-0.05, 0) is 35.6 Å². The Morgan fingerprint density at radius 2 is 2.08 bits per heavy atom. The first-order valence-corrected chi connectivity index (χ1v) is 10.9. The highest BCUT2D eigenvalue weighted by molar-refractivity contribution is 9.10. The first-order chi connectivity index (χ1) is 11.5. The van der Waals surface area contributed by atoms with Crippen molar-refractivity contribution in [3.05, 3.63) is 33.8 Å². The molecule has 140 valence electrons. The second kappa shape index (κ2) is 7.64. The van der Waals surface area contributed by atoms with E-state index < -0.39 is 18.8 Å². The molecule has 1 fully saturated rings. The Morgan fingerprint density at radius 3 is 2.56 bits per heavy atom. The average Bonchev–Trinajstić information content (AvgIpc) is 3.25. The Morgan fingerprint density at radius 1 is 1.44 bits per heavy atom. The van der Waals surface area contributed by atoms with Gasteiger partial charge in [-0.2, -0.15) is 20.5 Å². The van der Waals surface area contributed by atoms with E-state index in [9.17, 15) is 18.1 Å². The van der Waals surface area contributed by atoms with E-state index in [1.54, 1.807) is 11.8 Å². The van der Waals surface area contributed by atoms with E-state index in [-0.39, 0.29) is 15.9 Å². The van der Waals surface area contributed by atoms with Crippen LogP contribution in [0.4, 0.5) is 8.78 Å². The molecular weight excluding hydrogens is 441 g/mol. The van der Waals surface area contributed by atoms with Crippen molar-refractivity contribution >= 4 is 41.3 Å². The van der Waals surface area contributed by atoms with Gasteiger partial charge in [0.15, 0.2) is 0 Å². The van der Waals surface area contributed by atoms with Crippen LogP contribution in [-0.2, 0) is 25.5 Å². The van der Waals surface area contributed by atoms with Gasteiger partial charge in [-0.25, -0.2) is 0 Å². The molecule has 0 spiro atoms. The zero-order valence-corrected chi connectivity index (χ0v) is 16.7. The number of carbonyl (C=O) groups is 1. The van der Waals surface area contributed by atoms with E-state index in [4.69, 9.17) is 9.79 Å². The van der Waals surface area contributed by atoms with E-state index in [0.717, 1.165) is 30.2 Å². The Bertz CT molecular complexity index is 705. The summed E-state index contributed by atoms with van der Waals surface area (Å²) < 4.78 is 43.2. The van der Waals surface area contributed by atoms with Gasteiger partial charge in [-0.3, -0.25) is 9.36 Å². The average molecular weight is 459 g/mol. The van der Waals surface area contributed by atoms with Gasteiger partial charge in [-0.1, -0.05) is 28.1 Å². The maximum absolute atomic E-state index is 13.8. The molecule has 0 radical (unpaired) electrons. The van der Waals surface area contributed by atoms with Crippen LogP contribution >= 0.6 is 35.3 Å². The number of rotatable bonds is 8. The number of carbonyl (C=O) groups excluding carboxylic acids is 1. The van der Waals surface area contributed by atoms with Crippen molar-refractivity contribution in [1.29, 1.82) is 0 Å². The van der Waals surface area contributed by atoms with Gasteiger partial charge in [0.1, 0.15) is 0 Å². The quantitative estimate of drug-likeness (QED) is 0.447. The highest BCUT2D eigenvalue weighted by atomic mass is 79.9. The Kier molecular flexibility index (Phi) is 6.37. The van der Waals surface area contributed by atoms with E-state index >= 15 is 0 Å². The molecule has 10 heteroatoms. The van der Waals surface area contributed by atoms with Crippen molar-refractivity contribution in [3.63, 3.8) is 0 Å². The summed E-state index contributed by atoms with van der Waals surface area (Å²) in [5, 5.41) is 0. The summed E-state index contributed by atoms with van der Waals surface area (Å²) in [6.45, 7) is 0. The van der Waals surface area contributed by atoms with Crippen LogP contribution in [0.1, 0.15) is 30.4 Å². The number of esters is 1. The lowest BCUT2D eigenvalue weighted by Gasteiger charge is -2.19. The maximum atomic E-state index is 13.8.